The van der Waals surface area contributed by atoms with Crippen LogP contribution in [0.4, 0.5) is 5.95 Å². The Bertz CT molecular complexity index is 385. The van der Waals surface area contributed by atoms with E-state index in [4.69, 9.17) is 0 Å². The average molecular weight is 201 g/mol. The van der Waals surface area contributed by atoms with Gasteiger partial charge >= 0.3 is 0 Å². The van der Waals surface area contributed by atoms with E-state index >= 15 is 0 Å². The first kappa shape index (κ1) is 11.2. The zero-order valence-electron chi connectivity index (χ0n) is 9.12. The first-order valence-electron chi connectivity index (χ1n) is 4.70. The molecule has 1 N–H and O–H groups in total. The summed E-state index contributed by atoms with van der Waals surface area (Å²) in [6, 6.07) is 1.93. The number of hydrogen-bond acceptors (Lipinski definition) is 3. The average Bonchev–Trinajstić information content (AvgIpc) is 2.15. The molecule has 15 heavy (non-hydrogen) atoms. The minimum Gasteiger partial charge on any atom is -0.324 e. The molecule has 0 radical (unpaired) electrons. The molecule has 0 aliphatic rings. The van der Waals surface area contributed by atoms with Crippen molar-refractivity contribution >= 4 is 5.95 Å². The molecule has 3 nitrogen and oxygen atoms in total. The molecule has 0 unspecified atom stereocenters. The molecular weight excluding hydrogens is 186 g/mol. The summed E-state index contributed by atoms with van der Waals surface area (Å²) >= 11 is 0. The van der Waals surface area contributed by atoms with Gasteiger partial charge in [0, 0.05) is 17.1 Å². The van der Waals surface area contributed by atoms with Crippen LogP contribution in [0.1, 0.15) is 11.4 Å². The summed E-state index contributed by atoms with van der Waals surface area (Å²) in [4.78, 5) is 8.52. The Morgan fingerprint density at radius 2 is 1.87 bits per heavy atom. The quantitative estimate of drug-likeness (QED) is 0.761. The van der Waals surface area contributed by atoms with Gasteiger partial charge in [-0.25, -0.2) is 9.97 Å². The van der Waals surface area contributed by atoms with Gasteiger partial charge in [-0.1, -0.05) is 19.2 Å². The van der Waals surface area contributed by atoms with Crippen LogP contribution in [0.5, 0.6) is 0 Å². The number of aryl methyl sites for hydroxylation is 2. The van der Waals surface area contributed by atoms with E-state index in [-0.39, 0.29) is 0 Å². The fraction of sp³-hybridized carbons (Fsp3) is 0.167. The third kappa shape index (κ3) is 3.38. The SMILES string of the molecule is C=C/C=C(\C=C)Nc1nc(C)cc(C)n1. The Hall–Kier alpha value is -1.90. The molecule has 0 saturated heterocycles. The first-order chi connectivity index (χ1) is 7.15. The lowest BCUT2D eigenvalue weighted by Crippen LogP contribution is -2.03. The van der Waals surface area contributed by atoms with Crippen LogP contribution in [0.25, 0.3) is 0 Å². The van der Waals surface area contributed by atoms with E-state index in [0.29, 0.717) is 5.95 Å². The van der Waals surface area contributed by atoms with Gasteiger partial charge in [0.05, 0.1) is 0 Å². The molecule has 1 aromatic heterocycles. The highest BCUT2D eigenvalue weighted by Gasteiger charge is 1.99. The number of aromatic nitrogens is 2. The topological polar surface area (TPSA) is 37.8 Å². The Morgan fingerprint density at radius 1 is 1.27 bits per heavy atom. The van der Waals surface area contributed by atoms with E-state index in [9.17, 15) is 0 Å². The van der Waals surface area contributed by atoms with Gasteiger partial charge in [0.1, 0.15) is 0 Å². The molecular formula is C12H15N3. The molecule has 0 spiro atoms. The summed E-state index contributed by atoms with van der Waals surface area (Å²) in [5.74, 6) is 0.584. The Kier molecular flexibility index (Phi) is 3.80. The number of hydrogen-bond donors (Lipinski definition) is 1. The molecule has 78 valence electrons. The maximum atomic E-state index is 4.26. The van der Waals surface area contributed by atoms with Crippen LogP contribution < -0.4 is 5.32 Å². The highest BCUT2D eigenvalue weighted by Crippen LogP contribution is 2.07. The molecule has 3 heteroatoms. The number of allylic oxidation sites excluding steroid dienone is 3. The van der Waals surface area contributed by atoms with Crippen molar-refractivity contribution in [3.63, 3.8) is 0 Å². The van der Waals surface area contributed by atoms with E-state index in [1.54, 1.807) is 12.2 Å². The van der Waals surface area contributed by atoms with Gasteiger partial charge in [0.25, 0.3) is 0 Å². The number of nitrogens with one attached hydrogen (secondary N) is 1. The van der Waals surface area contributed by atoms with Crippen LogP contribution in [0, 0.1) is 13.8 Å². The summed E-state index contributed by atoms with van der Waals surface area (Å²) in [5, 5.41) is 3.06. The van der Waals surface area contributed by atoms with Crippen molar-refractivity contribution in [1.82, 2.24) is 9.97 Å². The zero-order valence-corrected chi connectivity index (χ0v) is 9.12. The largest absolute Gasteiger partial charge is 0.324 e. The molecule has 1 heterocycles. The fourth-order valence-electron chi connectivity index (χ4n) is 1.20. The van der Waals surface area contributed by atoms with Gasteiger partial charge in [0.15, 0.2) is 0 Å². The van der Waals surface area contributed by atoms with Crippen molar-refractivity contribution in [3.8, 4) is 0 Å². The smallest absolute Gasteiger partial charge is 0.227 e. The van der Waals surface area contributed by atoms with Crippen LogP contribution in [0.15, 0.2) is 43.1 Å². The highest BCUT2D eigenvalue weighted by molar-refractivity contribution is 5.41. The van der Waals surface area contributed by atoms with E-state index in [0.717, 1.165) is 17.1 Å². The molecule has 0 saturated carbocycles. The van der Waals surface area contributed by atoms with Gasteiger partial charge in [-0.2, -0.15) is 0 Å². The summed E-state index contributed by atoms with van der Waals surface area (Å²) in [5.41, 5.74) is 2.70. The van der Waals surface area contributed by atoms with Crippen LogP contribution >= 0.6 is 0 Å². The Balaban J connectivity index is 2.92. The van der Waals surface area contributed by atoms with Crippen molar-refractivity contribution in [1.29, 1.82) is 0 Å². The lowest BCUT2D eigenvalue weighted by Gasteiger charge is -2.06. The standard InChI is InChI=1S/C12H15N3/c1-5-7-11(6-2)15-12-13-9(3)8-10(4)14-12/h5-8H,1-2H2,3-4H3,(H,13,14,15)/b11-7+. The maximum absolute atomic E-state index is 4.26. The summed E-state index contributed by atoms with van der Waals surface area (Å²) in [7, 11) is 0. The van der Waals surface area contributed by atoms with Gasteiger partial charge in [-0.05, 0) is 32.1 Å². The van der Waals surface area contributed by atoms with E-state index in [1.807, 2.05) is 26.0 Å². The maximum Gasteiger partial charge on any atom is 0.227 e. The lowest BCUT2D eigenvalue weighted by atomic mass is 10.3. The number of rotatable bonds is 4. The van der Waals surface area contributed by atoms with E-state index in [2.05, 4.69) is 28.4 Å². The van der Waals surface area contributed by atoms with Gasteiger partial charge in [-0.15, -0.1) is 0 Å². The third-order valence-electron chi connectivity index (χ3n) is 1.76. The molecule has 0 aliphatic heterocycles. The monoisotopic (exact) mass is 201 g/mol. The van der Waals surface area contributed by atoms with E-state index < -0.39 is 0 Å². The second-order valence-electron chi connectivity index (χ2n) is 3.16. The van der Waals surface area contributed by atoms with Gasteiger partial charge in [-0.3, -0.25) is 0 Å². The Labute approximate surface area is 90.3 Å². The van der Waals surface area contributed by atoms with Gasteiger partial charge in [0.2, 0.25) is 5.95 Å². The zero-order chi connectivity index (χ0) is 11.3. The van der Waals surface area contributed by atoms with Crippen molar-refractivity contribution in [2.24, 2.45) is 0 Å². The van der Waals surface area contributed by atoms with Crippen molar-refractivity contribution in [2.75, 3.05) is 5.32 Å². The predicted molar refractivity (Wildman–Crippen MR) is 63.6 cm³/mol. The molecule has 0 aromatic carbocycles. The molecule has 0 bridgehead atoms. The highest BCUT2D eigenvalue weighted by atomic mass is 15.1. The first-order valence-corrected chi connectivity index (χ1v) is 4.70. The molecule has 1 rings (SSSR count). The van der Waals surface area contributed by atoms with Crippen LogP contribution in [0.2, 0.25) is 0 Å². The number of nitrogens with zero attached hydrogens (tertiary/aromatic N) is 2. The lowest BCUT2D eigenvalue weighted by molar-refractivity contribution is 1.05. The van der Waals surface area contributed by atoms with Crippen molar-refractivity contribution < 1.29 is 0 Å². The fourth-order valence-corrected chi connectivity index (χ4v) is 1.20. The summed E-state index contributed by atoms with van der Waals surface area (Å²) in [6.07, 6.45) is 5.20. The van der Waals surface area contributed by atoms with Crippen LogP contribution in [-0.4, -0.2) is 9.97 Å². The van der Waals surface area contributed by atoms with Gasteiger partial charge < -0.3 is 5.32 Å². The predicted octanol–water partition coefficient (Wildman–Crippen LogP) is 2.76. The normalized spacial score (nSPS) is 10.9. The molecule has 0 amide bonds. The Morgan fingerprint density at radius 3 is 2.33 bits per heavy atom. The molecule has 0 aliphatic carbocycles. The van der Waals surface area contributed by atoms with E-state index in [1.165, 1.54) is 0 Å². The minimum absolute atomic E-state index is 0.584. The van der Waals surface area contributed by atoms with Crippen LogP contribution in [0.3, 0.4) is 0 Å². The summed E-state index contributed by atoms with van der Waals surface area (Å²) in [6.45, 7) is 11.2. The number of anilines is 1. The molecule has 1 aromatic rings. The van der Waals surface area contributed by atoms with Crippen LogP contribution in [-0.2, 0) is 0 Å². The molecule has 0 atom stereocenters. The minimum atomic E-state index is 0.584. The second kappa shape index (κ2) is 5.10. The second-order valence-corrected chi connectivity index (χ2v) is 3.16. The molecule has 0 fully saturated rings. The summed E-state index contributed by atoms with van der Waals surface area (Å²) < 4.78 is 0. The van der Waals surface area contributed by atoms with Crippen molar-refractivity contribution in [2.45, 2.75) is 13.8 Å². The third-order valence-corrected chi connectivity index (χ3v) is 1.76. The van der Waals surface area contributed by atoms with Crippen molar-refractivity contribution in [3.05, 3.63) is 54.5 Å².